The normalized spacial score (nSPS) is 23.1. The Morgan fingerprint density at radius 3 is 2.46 bits per heavy atom. The van der Waals surface area contributed by atoms with Crippen molar-refractivity contribution in [3.63, 3.8) is 0 Å². The van der Waals surface area contributed by atoms with Crippen molar-refractivity contribution in [1.29, 1.82) is 0 Å². The molecule has 1 unspecified atom stereocenters. The highest BCUT2D eigenvalue weighted by molar-refractivity contribution is 8.26. The first-order valence-electron chi connectivity index (χ1n) is 12.3. The third-order valence-corrected chi connectivity index (χ3v) is 8.71. The van der Waals surface area contributed by atoms with Crippen LogP contribution < -0.4 is 13.5 Å². The zero-order valence-electron chi connectivity index (χ0n) is 21.4. The molecule has 1 saturated carbocycles. The van der Waals surface area contributed by atoms with E-state index < -0.39 is 28.4 Å². The van der Waals surface area contributed by atoms with Gasteiger partial charge in [-0.1, -0.05) is 12.1 Å². The van der Waals surface area contributed by atoms with Gasteiger partial charge in [0.25, 0.3) is 5.92 Å². The molecule has 37 heavy (non-hydrogen) atoms. The molecule has 2 aliphatic heterocycles. The van der Waals surface area contributed by atoms with Gasteiger partial charge in [-0.15, -0.1) is 0 Å². The minimum absolute atomic E-state index is 0.140. The average molecular weight is 538 g/mol. The first-order valence-corrected chi connectivity index (χ1v) is 13.7. The Morgan fingerprint density at radius 1 is 1.16 bits per heavy atom. The summed E-state index contributed by atoms with van der Waals surface area (Å²) in [5, 5.41) is 0. The minimum Gasteiger partial charge on any atom is -0.444 e. The van der Waals surface area contributed by atoms with Crippen LogP contribution in [0.25, 0.3) is 11.3 Å². The second-order valence-corrected chi connectivity index (χ2v) is 12.7. The molecule has 1 atom stereocenters. The zero-order valence-corrected chi connectivity index (χ0v) is 22.2. The fraction of sp³-hybridized carbons (Fsp3) is 0.520. The molecule has 1 amide bonds. The predicted molar refractivity (Wildman–Crippen MR) is 141 cm³/mol. The van der Waals surface area contributed by atoms with Gasteiger partial charge in [0.2, 0.25) is 0 Å². The third-order valence-electron chi connectivity index (χ3n) is 6.86. The molecule has 2 N–H and O–H groups in total. The van der Waals surface area contributed by atoms with Crippen molar-refractivity contribution in [1.82, 2.24) is 9.88 Å². The van der Waals surface area contributed by atoms with Gasteiger partial charge in [0.15, 0.2) is 5.82 Å². The Balaban J connectivity index is 1.31. The second-order valence-electron chi connectivity index (χ2n) is 10.8. The topological polar surface area (TPSA) is 92.6 Å². The lowest BCUT2D eigenvalue weighted by Crippen LogP contribution is -2.50. The number of aromatic nitrogens is 1. The van der Waals surface area contributed by atoms with Crippen LogP contribution >= 0.6 is 11.0 Å². The average Bonchev–Trinajstić information content (AvgIpc) is 3.40. The second kappa shape index (κ2) is 8.88. The first-order chi connectivity index (χ1) is 17.3. The number of nitrogens with zero attached hydrogens (tertiary/aromatic N) is 5. The number of hydrogen-bond donors (Lipinski definition) is 2. The number of carbonyl (C=O) groups excluding carboxylic acids is 1. The van der Waals surface area contributed by atoms with Crippen LogP contribution in [0.1, 0.15) is 27.2 Å². The number of rotatable bonds is 4. The Morgan fingerprint density at radius 2 is 1.84 bits per heavy atom. The number of ether oxygens (including phenoxy) is 1. The van der Waals surface area contributed by atoms with E-state index in [0.717, 1.165) is 11.3 Å². The number of amides is 1. The lowest BCUT2D eigenvalue weighted by molar-refractivity contribution is 0.0240. The summed E-state index contributed by atoms with van der Waals surface area (Å²) in [6, 6.07) is 11.3. The fourth-order valence-electron chi connectivity index (χ4n) is 4.63. The highest BCUT2D eigenvalue weighted by Gasteiger charge is 2.59. The molecule has 2 aromatic rings. The lowest BCUT2D eigenvalue weighted by atomic mass is 10.1. The molecule has 9 nitrogen and oxygen atoms in total. The fourth-order valence-corrected chi connectivity index (χ4v) is 6.07. The Bertz CT molecular complexity index is 1200. The molecule has 1 aromatic heterocycles. The van der Waals surface area contributed by atoms with Gasteiger partial charge in [-0.05, 0) is 56.0 Å². The van der Waals surface area contributed by atoms with Gasteiger partial charge in [0.1, 0.15) is 11.3 Å². The van der Waals surface area contributed by atoms with E-state index in [4.69, 9.17) is 4.74 Å². The Labute approximate surface area is 217 Å². The van der Waals surface area contributed by atoms with Crippen molar-refractivity contribution < 1.29 is 27.4 Å². The summed E-state index contributed by atoms with van der Waals surface area (Å²) in [7, 11) is -1.95. The number of alkyl halides is 2. The van der Waals surface area contributed by atoms with Gasteiger partial charge in [-0.3, -0.25) is 9.11 Å². The van der Waals surface area contributed by atoms with E-state index in [-0.39, 0.29) is 19.1 Å². The van der Waals surface area contributed by atoms with Crippen molar-refractivity contribution in [3.05, 3.63) is 36.4 Å². The van der Waals surface area contributed by atoms with Crippen LogP contribution in [-0.2, 0) is 4.74 Å². The van der Waals surface area contributed by atoms with E-state index in [0.29, 0.717) is 43.4 Å². The summed E-state index contributed by atoms with van der Waals surface area (Å²) < 4.78 is 56.6. The van der Waals surface area contributed by atoms with Crippen molar-refractivity contribution in [2.75, 3.05) is 53.3 Å². The number of hydrogen-bond acceptors (Lipinski definition) is 8. The summed E-state index contributed by atoms with van der Waals surface area (Å²) in [5.74, 6) is -3.31. The molecule has 0 radical (unpaired) electrons. The summed E-state index contributed by atoms with van der Waals surface area (Å²) in [5.41, 5.74) is 2.36. The SMILES string of the molecule is CN1c2nc(-c3cccc(N4CCN(C(=O)OC(C)(C)C)CC4)c3)ccc2N(CC2CC2(F)F)S1(O)O. The summed E-state index contributed by atoms with van der Waals surface area (Å²) in [6.45, 7) is 7.83. The van der Waals surface area contributed by atoms with Crippen molar-refractivity contribution in [2.24, 2.45) is 5.92 Å². The van der Waals surface area contributed by atoms with Gasteiger partial charge in [-0.2, -0.15) is 0 Å². The summed E-state index contributed by atoms with van der Waals surface area (Å²) in [4.78, 5) is 21.0. The molecule has 1 saturated heterocycles. The van der Waals surface area contributed by atoms with Crippen LogP contribution in [0.4, 0.5) is 30.8 Å². The minimum atomic E-state index is -3.46. The predicted octanol–water partition coefficient (Wildman–Crippen LogP) is 5.30. The van der Waals surface area contributed by atoms with E-state index in [1.54, 1.807) is 17.0 Å². The van der Waals surface area contributed by atoms with Crippen LogP contribution in [0.3, 0.4) is 0 Å². The highest BCUT2D eigenvalue weighted by atomic mass is 32.3. The van der Waals surface area contributed by atoms with Crippen molar-refractivity contribution in [3.8, 4) is 11.3 Å². The van der Waals surface area contributed by atoms with Crippen LogP contribution in [0.5, 0.6) is 0 Å². The maximum atomic E-state index is 13.5. The standard InChI is InChI=1S/C25H33F2N5O4S/c1-24(2,3)36-23(33)31-12-10-30(11-13-31)19-7-5-6-17(14-19)20-8-9-21-22(28-20)29(4)37(34,35)32(21)16-18-15-25(18,26)27/h5-9,14,18,34-35H,10-13,15-16H2,1-4H3. The third kappa shape index (κ3) is 5.01. The molecular weight excluding hydrogens is 504 g/mol. The number of pyridine rings is 1. The van der Waals surface area contributed by atoms with Crippen molar-refractivity contribution in [2.45, 2.75) is 38.7 Å². The molecule has 202 valence electrons. The number of benzene rings is 1. The molecule has 12 heteroatoms. The molecule has 2 fully saturated rings. The molecule has 0 spiro atoms. The van der Waals surface area contributed by atoms with Gasteiger partial charge in [0, 0.05) is 63.4 Å². The first kappa shape index (κ1) is 25.8. The van der Waals surface area contributed by atoms with Gasteiger partial charge in [0.05, 0.1) is 5.69 Å². The largest absolute Gasteiger partial charge is 0.444 e. The van der Waals surface area contributed by atoms with E-state index in [2.05, 4.69) is 9.88 Å². The number of piperazine rings is 1. The number of anilines is 3. The van der Waals surface area contributed by atoms with Crippen LogP contribution in [-0.4, -0.2) is 76.4 Å². The van der Waals surface area contributed by atoms with Gasteiger partial charge >= 0.3 is 6.09 Å². The van der Waals surface area contributed by atoms with Crippen LogP contribution in [0.2, 0.25) is 0 Å². The van der Waals surface area contributed by atoms with E-state index in [1.807, 2.05) is 45.0 Å². The molecule has 1 aromatic carbocycles. The maximum Gasteiger partial charge on any atom is 0.410 e. The van der Waals surface area contributed by atoms with Crippen LogP contribution in [0.15, 0.2) is 36.4 Å². The molecule has 1 aliphatic carbocycles. The molecule has 3 heterocycles. The highest BCUT2D eigenvalue weighted by Crippen LogP contribution is 2.62. The number of carbonyl (C=O) groups is 1. The quantitative estimate of drug-likeness (QED) is 0.543. The van der Waals surface area contributed by atoms with Gasteiger partial charge in [-0.25, -0.2) is 27.2 Å². The van der Waals surface area contributed by atoms with E-state index in [1.165, 1.54) is 15.7 Å². The summed E-state index contributed by atoms with van der Waals surface area (Å²) >= 11 is 0. The van der Waals surface area contributed by atoms with E-state index in [9.17, 15) is 22.7 Å². The van der Waals surface area contributed by atoms with Gasteiger partial charge < -0.3 is 14.5 Å². The monoisotopic (exact) mass is 537 g/mol. The molecule has 0 bridgehead atoms. The lowest BCUT2D eigenvalue weighted by Gasteiger charge is -2.41. The Hall–Kier alpha value is -2.83. The molecular formula is C25H33F2N5O4S. The van der Waals surface area contributed by atoms with Crippen LogP contribution in [0, 0.1) is 5.92 Å². The van der Waals surface area contributed by atoms with E-state index >= 15 is 0 Å². The Kier molecular flexibility index (Phi) is 6.19. The smallest absolute Gasteiger partial charge is 0.410 e. The number of halogens is 2. The zero-order chi connectivity index (χ0) is 26.8. The van der Waals surface area contributed by atoms with Crippen molar-refractivity contribution >= 4 is 34.2 Å². The molecule has 3 aliphatic rings. The summed E-state index contributed by atoms with van der Waals surface area (Å²) in [6.07, 6.45) is -0.555. The molecule has 5 rings (SSSR count). The number of fused-ring (bicyclic) bond motifs is 1. The maximum absolute atomic E-state index is 13.5.